The second-order valence-corrected chi connectivity index (χ2v) is 17.2. The van der Waals surface area contributed by atoms with Gasteiger partial charge in [0, 0.05) is 33.4 Å². The van der Waals surface area contributed by atoms with Crippen molar-refractivity contribution >= 4 is 11.4 Å². The van der Waals surface area contributed by atoms with E-state index in [-0.39, 0.29) is 0 Å². The molecule has 4 heteroatoms. The van der Waals surface area contributed by atoms with Crippen LogP contribution < -0.4 is 0 Å². The van der Waals surface area contributed by atoms with Crippen LogP contribution in [0.25, 0.3) is 0 Å². The highest BCUT2D eigenvalue weighted by atomic mass is 15.4. The van der Waals surface area contributed by atoms with Gasteiger partial charge in [0.25, 0.3) is 0 Å². The van der Waals surface area contributed by atoms with Gasteiger partial charge in [-0.2, -0.15) is 0 Å². The standard InChI is InChI=1S/C40H68N4/c1-11-43(12-2,25-23-41-35-27-33-19-21-39(35,9)37(33,5)6)29-31-15-17-32(18-16-31)30-44(13-3,14-4)26-24-42-36-28-34-20-22-40(36,10)38(34,7)8/h15-18,33-34H,11-14,19-30H2,1-10H3/q+2/t33-,34-,39+,40+/m1/s1. The van der Waals surface area contributed by atoms with E-state index in [9.17, 15) is 0 Å². The van der Waals surface area contributed by atoms with Crippen molar-refractivity contribution < 1.29 is 8.97 Å². The molecule has 1 aromatic rings. The Morgan fingerprint density at radius 3 is 1.18 bits per heavy atom. The molecule has 246 valence electrons. The molecule has 0 N–H and O–H groups in total. The summed E-state index contributed by atoms with van der Waals surface area (Å²) in [7, 11) is 0. The zero-order valence-electron chi connectivity index (χ0n) is 30.6. The molecular weight excluding hydrogens is 536 g/mol. The Kier molecular flexibility index (Phi) is 9.42. The molecule has 0 saturated heterocycles. The fourth-order valence-electron chi connectivity index (χ4n) is 10.3. The fourth-order valence-corrected chi connectivity index (χ4v) is 10.3. The molecule has 4 fully saturated rings. The summed E-state index contributed by atoms with van der Waals surface area (Å²) in [5.74, 6) is 1.68. The van der Waals surface area contributed by atoms with Gasteiger partial charge < -0.3 is 8.97 Å². The molecular formula is C40H68N4+2. The van der Waals surface area contributed by atoms with Crippen molar-refractivity contribution in [2.24, 2.45) is 43.5 Å². The minimum absolute atomic E-state index is 0.324. The van der Waals surface area contributed by atoms with Crippen LogP contribution in [0.2, 0.25) is 0 Å². The molecule has 0 unspecified atom stereocenters. The SMILES string of the molecule is CC[N+](CC)(CCN=C1C[C@H]2CC[C@]1(C)C2(C)C)Cc1ccc(C[N+](CC)(CC)CCN=C2C[C@H]3CC[C@]2(C)C3(C)C)cc1. The van der Waals surface area contributed by atoms with E-state index in [0.717, 1.165) is 60.1 Å². The molecule has 4 bridgehead atoms. The molecule has 0 heterocycles. The van der Waals surface area contributed by atoms with Gasteiger partial charge in [0.15, 0.2) is 0 Å². The predicted molar refractivity (Wildman–Crippen MR) is 189 cm³/mol. The number of likely N-dealkylation sites (N-methyl/N-ethyl adjacent to an activating group) is 2. The van der Waals surface area contributed by atoms with Crippen LogP contribution in [0.15, 0.2) is 34.3 Å². The third-order valence-corrected chi connectivity index (χ3v) is 15.5. The molecule has 1 aromatic carbocycles. The Labute approximate surface area is 272 Å². The molecule has 44 heavy (non-hydrogen) atoms. The molecule has 0 spiro atoms. The lowest BCUT2D eigenvalue weighted by atomic mass is 9.70. The Hall–Kier alpha value is -1.52. The number of quaternary nitrogens is 2. The summed E-state index contributed by atoms with van der Waals surface area (Å²) >= 11 is 0. The minimum atomic E-state index is 0.324. The monoisotopic (exact) mass is 605 g/mol. The van der Waals surface area contributed by atoms with Crippen LogP contribution in [0.3, 0.4) is 0 Å². The molecule has 4 aliphatic carbocycles. The summed E-state index contributed by atoms with van der Waals surface area (Å²) in [5, 5.41) is 0. The van der Waals surface area contributed by atoms with Crippen LogP contribution >= 0.6 is 0 Å². The zero-order valence-corrected chi connectivity index (χ0v) is 30.6. The second kappa shape index (κ2) is 12.3. The summed E-state index contributed by atoms with van der Waals surface area (Å²) in [6.07, 6.45) is 7.94. The number of hydrogen-bond donors (Lipinski definition) is 0. The van der Waals surface area contributed by atoms with E-state index in [1.165, 1.54) is 87.3 Å². The molecule has 4 nitrogen and oxygen atoms in total. The van der Waals surface area contributed by atoms with Gasteiger partial charge in [-0.05, 0) is 88.9 Å². The van der Waals surface area contributed by atoms with E-state index in [1.807, 2.05) is 0 Å². The van der Waals surface area contributed by atoms with Gasteiger partial charge in [0.05, 0.1) is 52.4 Å². The number of rotatable bonds is 14. The van der Waals surface area contributed by atoms with Crippen molar-refractivity contribution in [3.05, 3.63) is 35.4 Å². The summed E-state index contributed by atoms with van der Waals surface area (Å²) in [6.45, 7) is 35.6. The zero-order chi connectivity index (χ0) is 32.0. The minimum Gasteiger partial charge on any atom is -0.319 e. The topological polar surface area (TPSA) is 24.7 Å². The molecule has 4 atom stereocenters. The Morgan fingerprint density at radius 2 is 0.932 bits per heavy atom. The first-order valence-corrected chi connectivity index (χ1v) is 18.6. The molecule has 4 saturated carbocycles. The maximum absolute atomic E-state index is 5.33. The van der Waals surface area contributed by atoms with E-state index in [1.54, 1.807) is 0 Å². The van der Waals surface area contributed by atoms with Gasteiger partial charge in [0.1, 0.15) is 13.1 Å². The normalized spacial score (nSPS) is 32.4. The third kappa shape index (κ3) is 5.56. The highest BCUT2D eigenvalue weighted by Crippen LogP contribution is 2.65. The van der Waals surface area contributed by atoms with Crippen LogP contribution in [0, 0.1) is 33.5 Å². The number of benzene rings is 1. The maximum Gasteiger partial charge on any atom is 0.104 e. The highest BCUT2D eigenvalue weighted by Gasteiger charge is 2.60. The quantitative estimate of drug-likeness (QED) is 0.189. The highest BCUT2D eigenvalue weighted by molar-refractivity contribution is 5.94. The number of hydrogen-bond acceptors (Lipinski definition) is 2. The van der Waals surface area contributed by atoms with Crippen LogP contribution in [0.4, 0.5) is 0 Å². The van der Waals surface area contributed by atoms with Gasteiger partial charge in [-0.3, -0.25) is 9.98 Å². The van der Waals surface area contributed by atoms with Gasteiger partial charge in [-0.25, -0.2) is 0 Å². The number of aliphatic imine (C=N–C) groups is 2. The Bertz CT molecular complexity index is 1120. The fraction of sp³-hybridized carbons (Fsp3) is 0.800. The summed E-state index contributed by atoms with van der Waals surface area (Å²) in [6, 6.07) is 9.71. The van der Waals surface area contributed by atoms with Crippen LogP contribution in [0.1, 0.15) is 119 Å². The van der Waals surface area contributed by atoms with Crippen LogP contribution in [0.5, 0.6) is 0 Å². The molecule has 4 aliphatic rings. The van der Waals surface area contributed by atoms with Crippen LogP contribution in [-0.4, -0.2) is 72.7 Å². The lowest BCUT2D eigenvalue weighted by molar-refractivity contribution is -0.936. The van der Waals surface area contributed by atoms with E-state index in [4.69, 9.17) is 9.98 Å². The van der Waals surface area contributed by atoms with Gasteiger partial charge in [0.2, 0.25) is 0 Å². The lowest BCUT2D eigenvalue weighted by Gasteiger charge is -2.38. The first-order valence-electron chi connectivity index (χ1n) is 18.6. The van der Waals surface area contributed by atoms with E-state index in [2.05, 4.69) is 93.5 Å². The summed E-state index contributed by atoms with van der Waals surface area (Å²) in [5.41, 5.74) is 7.49. The maximum atomic E-state index is 5.33. The van der Waals surface area contributed by atoms with Gasteiger partial charge in [-0.15, -0.1) is 0 Å². The smallest absolute Gasteiger partial charge is 0.104 e. The van der Waals surface area contributed by atoms with Crippen molar-refractivity contribution in [2.75, 3.05) is 52.4 Å². The molecule has 0 aliphatic heterocycles. The van der Waals surface area contributed by atoms with Crippen molar-refractivity contribution in [1.29, 1.82) is 0 Å². The summed E-state index contributed by atoms with van der Waals surface area (Å²) < 4.78 is 2.25. The van der Waals surface area contributed by atoms with Crippen molar-refractivity contribution in [1.82, 2.24) is 0 Å². The van der Waals surface area contributed by atoms with Crippen LogP contribution in [-0.2, 0) is 13.1 Å². The lowest BCUT2D eigenvalue weighted by Crippen LogP contribution is -2.49. The molecule has 0 radical (unpaired) electrons. The summed E-state index contributed by atoms with van der Waals surface area (Å²) in [4.78, 5) is 10.7. The first-order chi connectivity index (χ1) is 20.7. The van der Waals surface area contributed by atoms with E-state index >= 15 is 0 Å². The average molecular weight is 605 g/mol. The predicted octanol–water partition coefficient (Wildman–Crippen LogP) is 8.97. The third-order valence-electron chi connectivity index (χ3n) is 15.5. The van der Waals surface area contributed by atoms with Crippen molar-refractivity contribution in [2.45, 2.75) is 121 Å². The Morgan fingerprint density at radius 1 is 0.591 bits per heavy atom. The molecule has 0 aromatic heterocycles. The molecule has 0 amide bonds. The second-order valence-electron chi connectivity index (χ2n) is 17.2. The number of fused-ring (bicyclic) bond motifs is 4. The van der Waals surface area contributed by atoms with E-state index in [0.29, 0.717) is 21.7 Å². The Balaban J connectivity index is 1.19. The molecule has 5 rings (SSSR count). The van der Waals surface area contributed by atoms with Gasteiger partial charge >= 0.3 is 0 Å². The van der Waals surface area contributed by atoms with E-state index < -0.39 is 0 Å². The van der Waals surface area contributed by atoms with Crippen molar-refractivity contribution in [3.63, 3.8) is 0 Å². The van der Waals surface area contributed by atoms with Crippen molar-refractivity contribution in [3.8, 4) is 0 Å². The largest absolute Gasteiger partial charge is 0.319 e. The first kappa shape index (κ1) is 33.8. The number of nitrogens with zero attached hydrogens (tertiary/aromatic N) is 4. The average Bonchev–Trinajstić information content (AvgIpc) is 3.53. The van der Waals surface area contributed by atoms with Gasteiger partial charge in [-0.1, -0.05) is 65.8 Å².